The van der Waals surface area contributed by atoms with Gasteiger partial charge in [0.1, 0.15) is 6.10 Å². The van der Waals surface area contributed by atoms with E-state index < -0.39 is 18.2 Å². The number of nitrogens with one attached hydrogen (secondary N) is 1. The lowest BCUT2D eigenvalue weighted by Gasteiger charge is -2.24. The molecule has 67 heavy (non-hydrogen) atoms. The Labute approximate surface area is 418 Å². The first kappa shape index (κ1) is 65.3. The van der Waals surface area contributed by atoms with Crippen molar-refractivity contribution in [3.8, 4) is 0 Å². The first-order valence-corrected chi connectivity index (χ1v) is 30.1. The van der Waals surface area contributed by atoms with Gasteiger partial charge in [0.25, 0.3) is 0 Å². The van der Waals surface area contributed by atoms with Crippen LogP contribution in [0.2, 0.25) is 0 Å². The summed E-state index contributed by atoms with van der Waals surface area (Å²) >= 11 is 0. The van der Waals surface area contributed by atoms with E-state index in [1.54, 1.807) is 0 Å². The van der Waals surface area contributed by atoms with Crippen LogP contribution in [0.3, 0.4) is 0 Å². The number of ether oxygens (including phenoxy) is 1. The molecule has 0 aromatic carbocycles. The first-order chi connectivity index (χ1) is 33.0. The zero-order valence-corrected chi connectivity index (χ0v) is 45.3. The molecule has 6 nitrogen and oxygen atoms in total. The Balaban J connectivity index is 4.51. The molecule has 396 valence electrons. The summed E-state index contributed by atoms with van der Waals surface area (Å²) in [6.45, 7) is 6.50. The molecule has 0 aromatic heterocycles. The second-order valence-corrected chi connectivity index (χ2v) is 20.8. The maximum atomic E-state index is 13.3. The Kier molecular flexibility index (Phi) is 53.9. The predicted molar refractivity (Wildman–Crippen MR) is 292 cm³/mol. The van der Waals surface area contributed by atoms with Crippen molar-refractivity contribution < 1.29 is 24.5 Å². The van der Waals surface area contributed by atoms with Crippen LogP contribution in [0.4, 0.5) is 0 Å². The molecule has 0 saturated heterocycles. The van der Waals surface area contributed by atoms with Crippen molar-refractivity contribution in [3.05, 3.63) is 24.3 Å². The van der Waals surface area contributed by atoms with Gasteiger partial charge >= 0.3 is 5.97 Å². The molecule has 0 rings (SSSR count). The molecule has 0 aliphatic rings. The zero-order chi connectivity index (χ0) is 48.8. The van der Waals surface area contributed by atoms with Gasteiger partial charge in [0, 0.05) is 6.42 Å². The molecule has 0 aromatic rings. The van der Waals surface area contributed by atoms with E-state index in [4.69, 9.17) is 4.74 Å². The van der Waals surface area contributed by atoms with E-state index in [1.165, 1.54) is 218 Å². The quantitative estimate of drug-likeness (QED) is 0.0321. The number of carbonyl (C=O) groups excluding carboxylic acids is 2. The summed E-state index contributed by atoms with van der Waals surface area (Å²) in [6, 6.07) is -0.703. The number of hydrogen-bond acceptors (Lipinski definition) is 5. The van der Waals surface area contributed by atoms with E-state index in [0.29, 0.717) is 19.3 Å². The summed E-state index contributed by atoms with van der Waals surface area (Å²) in [5.74, 6) is -0.466. The fourth-order valence-corrected chi connectivity index (χ4v) is 9.46. The fraction of sp³-hybridized carbons (Fsp3) is 0.902. The third kappa shape index (κ3) is 50.5. The molecule has 0 fully saturated rings. The summed E-state index contributed by atoms with van der Waals surface area (Å²) in [5, 5.41) is 23.9. The lowest BCUT2D eigenvalue weighted by Crippen LogP contribution is -2.46. The van der Waals surface area contributed by atoms with Crippen LogP contribution < -0.4 is 5.32 Å². The number of carbonyl (C=O) groups is 2. The number of esters is 1. The molecule has 6 heteroatoms. The number of hydrogen-bond donors (Lipinski definition) is 3. The predicted octanol–water partition coefficient (Wildman–Crippen LogP) is 18.6. The third-order valence-corrected chi connectivity index (χ3v) is 14.0. The van der Waals surface area contributed by atoms with E-state index in [0.717, 1.165) is 64.2 Å². The van der Waals surface area contributed by atoms with Crippen molar-refractivity contribution in [1.82, 2.24) is 5.32 Å². The van der Waals surface area contributed by atoms with Gasteiger partial charge in [-0.1, -0.05) is 283 Å². The molecular weight excluding hydrogens is 827 g/mol. The summed E-state index contributed by atoms with van der Waals surface area (Å²) in [7, 11) is 0. The Morgan fingerprint density at radius 3 is 1.16 bits per heavy atom. The average Bonchev–Trinajstić information content (AvgIpc) is 3.32. The van der Waals surface area contributed by atoms with Crippen molar-refractivity contribution >= 4 is 11.9 Å². The van der Waals surface area contributed by atoms with Crippen molar-refractivity contribution in [2.45, 2.75) is 347 Å². The smallest absolute Gasteiger partial charge is 0.306 e. The van der Waals surface area contributed by atoms with Crippen LogP contribution in [0.1, 0.15) is 329 Å². The second-order valence-electron chi connectivity index (χ2n) is 20.8. The van der Waals surface area contributed by atoms with Gasteiger partial charge in [0.05, 0.1) is 25.2 Å². The van der Waals surface area contributed by atoms with E-state index in [2.05, 4.69) is 50.4 Å². The lowest BCUT2D eigenvalue weighted by atomic mass is 10.0. The van der Waals surface area contributed by atoms with E-state index in [-0.39, 0.29) is 24.9 Å². The largest absolute Gasteiger partial charge is 0.462 e. The molecule has 1 amide bonds. The minimum Gasteiger partial charge on any atom is -0.462 e. The normalized spacial score (nSPS) is 13.2. The molecule has 0 radical (unpaired) electrons. The molecule has 3 unspecified atom stereocenters. The number of unbranched alkanes of at least 4 members (excludes halogenated alkanes) is 39. The highest BCUT2D eigenvalue weighted by molar-refractivity contribution is 5.77. The number of aliphatic hydroxyl groups excluding tert-OH is 2. The molecular formula is C61H117NO5. The number of aliphatic hydroxyl groups is 2. The summed E-state index contributed by atoms with van der Waals surface area (Å²) in [4.78, 5) is 26.3. The maximum Gasteiger partial charge on any atom is 0.306 e. The standard InChI is InChI=1S/C61H117NO5/c1-4-7-10-13-16-19-22-25-28-30-33-36-39-42-45-48-51-54-61(66)67-57(52-49-46-43-40-37-34-31-27-24-21-18-15-12-9-6-3)55-60(65)62-58(56-63)59(64)53-50-47-44-41-38-35-32-29-26-23-20-17-14-11-8-5-2/h18,21,27,31,57-59,63-64H,4-17,19-20,22-26,28-30,32-56H2,1-3H3,(H,62,65)/b21-18-,31-27-. The fourth-order valence-electron chi connectivity index (χ4n) is 9.46. The van der Waals surface area contributed by atoms with E-state index in [1.807, 2.05) is 0 Å². The topological polar surface area (TPSA) is 95.9 Å². The van der Waals surface area contributed by atoms with E-state index >= 15 is 0 Å². The molecule has 0 spiro atoms. The Morgan fingerprint density at radius 2 is 0.761 bits per heavy atom. The van der Waals surface area contributed by atoms with Crippen LogP contribution in [0, 0.1) is 0 Å². The highest BCUT2D eigenvalue weighted by Crippen LogP contribution is 2.19. The van der Waals surface area contributed by atoms with Gasteiger partial charge in [-0.3, -0.25) is 9.59 Å². The van der Waals surface area contributed by atoms with Crippen LogP contribution >= 0.6 is 0 Å². The van der Waals surface area contributed by atoms with Crippen LogP contribution in [0.5, 0.6) is 0 Å². The number of rotatable bonds is 55. The molecule has 3 atom stereocenters. The molecule has 0 aliphatic carbocycles. The summed E-state index contributed by atoms with van der Waals surface area (Å²) < 4.78 is 5.97. The van der Waals surface area contributed by atoms with Crippen molar-refractivity contribution in [3.63, 3.8) is 0 Å². The maximum absolute atomic E-state index is 13.3. The molecule has 3 N–H and O–H groups in total. The van der Waals surface area contributed by atoms with E-state index in [9.17, 15) is 19.8 Å². The highest BCUT2D eigenvalue weighted by atomic mass is 16.5. The van der Waals surface area contributed by atoms with Gasteiger partial charge in [0.2, 0.25) is 5.91 Å². The monoisotopic (exact) mass is 944 g/mol. The van der Waals surface area contributed by atoms with Crippen LogP contribution in [0.25, 0.3) is 0 Å². The van der Waals surface area contributed by atoms with Crippen LogP contribution in [-0.2, 0) is 14.3 Å². The van der Waals surface area contributed by atoms with Crippen molar-refractivity contribution in [1.29, 1.82) is 0 Å². The summed E-state index contributed by atoms with van der Waals surface area (Å²) in [5.41, 5.74) is 0. The third-order valence-electron chi connectivity index (χ3n) is 14.0. The van der Waals surface area contributed by atoms with Gasteiger partial charge in [0.15, 0.2) is 0 Å². The number of amides is 1. The molecule has 0 saturated carbocycles. The van der Waals surface area contributed by atoms with Gasteiger partial charge in [-0.05, 0) is 57.8 Å². The van der Waals surface area contributed by atoms with Crippen LogP contribution in [-0.4, -0.2) is 46.9 Å². The lowest BCUT2D eigenvalue weighted by molar-refractivity contribution is -0.151. The summed E-state index contributed by atoms with van der Waals surface area (Å²) in [6.07, 6.45) is 65.3. The zero-order valence-electron chi connectivity index (χ0n) is 45.3. The average molecular weight is 945 g/mol. The van der Waals surface area contributed by atoms with Gasteiger partial charge in [-0.25, -0.2) is 0 Å². The van der Waals surface area contributed by atoms with Crippen molar-refractivity contribution in [2.24, 2.45) is 0 Å². The van der Waals surface area contributed by atoms with Gasteiger partial charge in [-0.2, -0.15) is 0 Å². The Bertz CT molecular complexity index is 1060. The molecule has 0 heterocycles. The highest BCUT2D eigenvalue weighted by Gasteiger charge is 2.24. The van der Waals surface area contributed by atoms with Crippen LogP contribution in [0.15, 0.2) is 24.3 Å². The second kappa shape index (κ2) is 55.3. The first-order valence-electron chi connectivity index (χ1n) is 30.1. The molecule has 0 bridgehead atoms. The van der Waals surface area contributed by atoms with Gasteiger partial charge < -0.3 is 20.3 Å². The Hall–Kier alpha value is -1.66. The minimum atomic E-state index is -0.789. The minimum absolute atomic E-state index is 0.0743. The van der Waals surface area contributed by atoms with Gasteiger partial charge in [-0.15, -0.1) is 0 Å². The Morgan fingerprint density at radius 1 is 0.433 bits per heavy atom. The van der Waals surface area contributed by atoms with Crippen molar-refractivity contribution in [2.75, 3.05) is 6.61 Å². The molecule has 0 aliphatic heterocycles. The SMILES string of the molecule is CCCCC/C=C\C/C=C\CCCCCCCC(CC(=O)NC(CO)C(O)CCCCCCCCCCCCCCCCCC)OC(=O)CCCCCCCCCCCCCCCCCCC. The number of allylic oxidation sites excluding steroid dienone is 4.